The Morgan fingerprint density at radius 2 is 2.15 bits per heavy atom. The third kappa shape index (κ3) is 1.29. The molecule has 2 aromatic rings. The molecule has 1 aromatic carbocycles. The second-order valence-corrected chi connectivity index (χ2v) is 3.81. The van der Waals surface area contributed by atoms with E-state index in [0.29, 0.717) is 0 Å². The third-order valence-electron chi connectivity index (χ3n) is 2.02. The van der Waals surface area contributed by atoms with Crippen LogP contribution in [0.4, 0.5) is 4.39 Å². The quantitative estimate of drug-likeness (QED) is 0.679. The Labute approximate surface area is 79.8 Å². The summed E-state index contributed by atoms with van der Waals surface area (Å²) in [6.07, 6.45) is 0. The highest BCUT2D eigenvalue weighted by Crippen LogP contribution is 2.34. The maximum absolute atomic E-state index is 13.0. The van der Waals surface area contributed by atoms with E-state index >= 15 is 0 Å². The molecule has 0 N–H and O–H groups in total. The SMILES string of the molecule is COc1csc2cc(F)cc(C)c12. The molecule has 0 spiro atoms. The molecular formula is C10H9FOS. The highest BCUT2D eigenvalue weighted by Gasteiger charge is 2.08. The summed E-state index contributed by atoms with van der Waals surface area (Å²) in [5, 5.41) is 2.92. The summed E-state index contributed by atoms with van der Waals surface area (Å²) in [4.78, 5) is 0. The van der Waals surface area contributed by atoms with Crippen LogP contribution in [0.25, 0.3) is 10.1 Å². The fraction of sp³-hybridized carbons (Fsp3) is 0.200. The van der Waals surface area contributed by atoms with Crippen LogP contribution < -0.4 is 4.74 Å². The van der Waals surface area contributed by atoms with Gasteiger partial charge in [0.25, 0.3) is 0 Å². The van der Waals surface area contributed by atoms with Crippen LogP contribution in [0.1, 0.15) is 5.56 Å². The molecule has 0 saturated carbocycles. The van der Waals surface area contributed by atoms with Crippen molar-refractivity contribution in [2.45, 2.75) is 6.92 Å². The van der Waals surface area contributed by atoms with Gasteiger partial charge in [-0.15, -0.1) is 11.3 Å². The molecule has 0 aliphatic heterocycles. The van der Waals surface area contributed by atoms with Gasteiger partial charge in [-0.05, 0) is 24.6 Å². The van der Waals surface area contributed by atoms with Gasteiger partial charge in [-0.3, -0.25) is 0 Å². The topological polar surface area (TPSA) is 9.23 Å². The molecule has 3 heteroatoms. The van der Waals surface area contributed by atoms with Crippen molar-refractivity contribution in [3.8, 4) is 5.75 Å². The molecule has 2 rings (SSSR count). The van der Waals surface area contributed by atoms with Crippen molar-refractivity contribution in [1.29, 1.82) is 0 Å². The Morgan fingerprint density at radius 3 is 2.85 bits per heavy atom. The predicted octanol–water partition coefficient (Wildman–Crippen LogP) is 3.36. The molecule has 1 heterocycles. The standard InChI is InChI=1S/C10H9FOS/c1-6-3-7(11)4-9-10(6)8(12-2)5-13-9/h3-5H,1-2H3. The lowest BCUT2D eigenvalue weighted by Crippen LogP contribution is -1.83. The molecule has 0 bridgehead atoms. The summed E-state index contributed by atoms with van der Waals surface area (Å²) in [6.45, 7) is 1.89. The van der Waals surface area contributed by atoms with Crippen LogP contribution in [0.2, 0.25) is 0 Å². The maximum Gasteiger partial charge on any atom is 0.137 e. The zero-order chi connectivity index (χ0) is 9.42. The van der Waals surface area contributed by atoms with E-state index in [1.54, 1.807) is 7.11 Å². The van der Waals surface area contributed by atoms with E-state index in [-0.39, 0.29) is 5.82 Å². The molecule has 0 radical (unpaired) electrons. The molecule has 0 amide bonds. The third-order valence-corrected chi connectivity index (χ3v) is 2.93. The largest absolute Gasteiger partial charge is 0.495 e. The molecular weight excluding hydrogens is 187 g/mol. The van der Waals surface area contributed by atoms with Gasteiger partial charge in [-0.2, -0.15) is 0 Å². The normalized spacial score (nSPS) is 10.7. The lowest BCUT2D eigenvalue weighted by molar-refractivity contribution is 0.421. The van der Waals surface area contributed by atoms with Crippen molar-refractivity contribution < 1.29 is 9.13 Å². The van der Waals surface area contributed by atoms with Gasteiger partial charge < -0.3 is 4.74 Å². The number of fused-ring (bicyclic) bond motifs is 1. The van der Waals surface area contributed by atoms with Crippen LogP contribution in [0, 0.1) is 12.7 Å². The number of halogens is 1. The molecule has 0 fully saturated rings. The summed E-state index contributed by atoms with van der Waals surface area (Å²) < 4.78 is 19.1. The molecule has 0 unspecified atom stereocenters. The average molecular weight is 196 g/mol. The first-order valence-corrected chi connectivity index (χ1v) is 4.81. The van der Waals surface area contributed by atoms with Crippen LogP contribution >= 0.6 is 11.3 Å². The van der Waals surface area contributed by atoms with Gasteiger partial charge in [0.1, 0.15) is 11.6 Å². The van der Waals surface area contributed by atoms with E-state index in [0.717, 1.165) is 21.4 Å². The van der Waals surface area contributed by atoms with Crippen molar-refractivity contribution >= 4 is 21.4 Å². The van der Waals surface area contributed by atoms with E-state index < -0.39 is 0 Å². The molecule has 68 valence electrons. The van der Waals surface area contributed by atoms with Gasteiger partial charge in [-0.25, -0.2) is 4.39 Å². The first-order valence-electron chi connectivity index (χ1n) is 3.93. The van der Waals surface area contributed by atoms with Crippen molar-refractivity contribution in [2.75, 3.05) is 7.11 Å². The van der Waals surface area contributed by atoms with E-state index in [1.807, 2.05) is 12.3 Å². The Morgan fingerprint density at radius 1 is 1.38 bits per heavy atom. The van der Waals surface area contributed by atoms with Gasteiger partial charge in [0.15, 0.2) is 0 Å². The van der Waals surface area contributed by atoms with Crippen LogP contribution in [0.15, 0.2) is 17.5 Å². The Hall–Kier alpha value is -1.09. The summed E-state index contributed by atoms with van der Waals surface area (Å²) >= 11 is 1.50. The Kier molecular flexibility index (Phi) is 1.96. The van der Waals surface area contributed by atoms with Crippen LogP contribution in [-0.4, -0.2) is 7.11 Å². The second-order valence-electron chi connectivity index (χ2n) is 2.90. The highest BCUT2D eigenvalue weighted by molar-refractivity contribution is 7.17. The lowest BCUT2D eigenvalue weighted by Gasteiger charge is -2.00. The van der Waals surface area contributed by atoms with Gasteiger partial charge in [-0.1, -0.05) is 0 Å². The van der Waals surface area contributed by atoms with Gasteiger partial charge in [0.2, 0.25) is 0 Å². The van der Waals surface area contributed by atoms with Crippen molar-refractivity contribution in [1.82, 2.24) is 0 Å². The summed E-state index contributed by atoms with van der Waals surface area (Å²) in [5.41, 5.74) is 0.924. The lowest BCUT2D eigenvalue weighted by atomic mass is 10.1. The smallest absolute Gasteiger partial charge is 0.137 e. The molecule has 13 heavy (non-hydrogen) atoms. The zero-order valence-corrected chi connectivity index (χ0v) is 8.24. The number of methoxy groups -OCH3 is 1. The van der Waals surface area contributed by atoms with E-state index in [2.05, 4.69) is 0 Å². The minimum absolute atomic E-state index is 0.186. The highest BCUT2D eigenvalue weighted by atomic mass is 32.1. The summed E-state index contributed by atoms with van der Waals surface area (Å²) in [5.74, 6) is 0.645. The van der Waals surface area contributed by atoms with E-state index in [4.69, 9.17) is 4.74 Å². The van der Waals surface area contributed by atoms with Gasteiger partial charge >= 0.3 is 0 Å². The molecule has 0 aliphatic carbocycles. The maximum atomic E-state index is 13.0. The van der Waals surface area contributed by atoms with Crippen LogP contribution in [0.3, 0.4) is 0 Å². The summed E-state index contributed by atoms with van der Waals surface area (Å²) in [7, 11) is 1.63. The first-order chi connectivity index (χ1) is 6.22. The molecule has 1 nitrogen and oxygen atoms in total. The monoisotopic (exact) mass is 196 g/mol. The minimum atomic E-state index is -0.186. The fourth-order valence-corrected chi connectivity index (χ4v) is 2.46. The van der Waals surface area contributed by atoms with E-state index in [9.17, 15) is 4.39 Å². The van der Waals surface area contributed by atoms with Crippen LogP contribution in [0.5, 0.6) is 5.75 Å². The number of hydrogen-bond donors (Lipinski definition) is 0. The number of benzene rings is 1. The van der Waals surface area contributed by atoms with Gasteiger partial charge in [0, 0.05) is 15.5 Å². The summed E-state index contributed by atoms with van der Waals surface area (Å²) in [6, 6.07) is 3.06. The first kappa shape index (κ1) is 8.51. The Bertz CT molecular complexity index is 447. The molecule has 0 saturated heterocycles. The minimum Gasteiger partial charge on any atom is -0.495 e. The number of aryl methyl sites for hydroxylation is 1. The second kappa shape index (κ2) is 3.00. The van der Waals surface area contributed by atoms with Crippen molar-refractivity contribution in [2.24, 2.45) is 0 Å². The van der Waals surface area contributed by atoms with Crippen molar-refractivity contribution in [3.05, 3.63) is 28.9 Å². The van der Waals surface area contributed by atoms with Gasteiger partial charge in [0.05, 0.1) is 7.11 Å². The van der Waals surface area contributed by atoms with Crippen LogP contribution in [-0.2, 0) is 0 Å². The predicted molar refractivity (Wildman–Crippen MR) is 53.1 cm³/mol. The zero-order valence-electron chi connectivity index (χ0n) is 7.43. The average Bonchev–Trinajstić information content (AvgIpc) is 2.47. The number of thiophene rings is 1. The number of ether oxygens (including phenoxy) is 1. The number of rotatable bonds is 1. The van der Waals surface area contributed by atoms with E-state index in [1.165, 1.54) is 23.5 Å². The fourth-order valence-electron chi connectivity index (χ4n) is 1.45. The molecule has 0 aliphatic rings. The van der Waals surface area contributed by atoms with Crippen molar-refractivity contribution in [3.63, 3.8) is 0 Å². The Balaban J connectivity index is 2.82. The number of hydrogen-bond acceptors (Lipinski definition) is 2. The molecule has 0 atom stereocenters. The molecule has 1 aromatic heterocycles.